The number of nitrogens with zero attached hydrogens (tertiary/aromatic N) is 4. The summed E-state index contributed by atoms with van der Waals surface area (Å²) in [6, 6.07) is 1.88. The van der Waals surface area contributed by atoms with Crippen LogP contribution < -0.4 is 5.01 Å². The predicted molar refractivity (Wildman–Crippen MR) is 74.6 cm³/mol. The molecule has 0 spiro atoms. The summed E-state index contributed by atoms with van der Waals surface area (Å²) < 4.78 is 5.35. The maximum absolute atomic E-state index is 12.2. The molecule has 1 aromatic rings. The highest BCUT2D eigenvalue weighted by molar-refractivity contribution is 6.13. The molecule has 2 aliphatic heterocycles. The molecule has 0 aromatic carbocycles. The molecule has 2 aliphatic rings. The van der Waals surface area contributed by atoms with Crippen LogP contribution in [0.4, 0.5) is 5.95 Å². The van der Waals surface area contributed by atoms with E-state index >= 15 is 0 Å². The first-order valence-corrected chi connectivity index (χ1v) is 6.94. The van der Waals surface area contributed by atoms with Crippen molar-refractivity contribution in [1.29, 1.82) is 0 Å². The summed E-state index contributed by atoms with van der Waals surface area (Å²) in [5.41, 5.74) is 2.63. The Morgan fingerprint density at radius 2 is 1.85 bits per heavy atom. The average Bonchev–Trinajstić information content (AvgIpc) is 2.81. The van der Waals surface area contributed by atoms with E-state index in [2.05, 4.69) is 15.1 Å². The van der Waals surface area contributed by atoms with Crippen LogP contribution in [-0.4, -0.2) is 34.8 Å². The molecule has 1 aromatic heterocycles. The number of hydrogen-bond acceptors (Lipinski definition) is 5. The van der Waals surface area contributed by atoms with Crippen molar-refractivity contribution in [2.75, 3.05) is 18.2 Å². The lowest BCUT2D eigenvalue weighted by molar-refractivity contribution is -0.117. The van der Waals surface area contributed by atoms with Gasteiger partial charge in [-0.1, -0.05) is 0 Å². The molecule has 0 aliphatic carbocycles. The molecule has 1 fully saturated rings. The number of carbonyl (C=O) groups is 1. The van der Waals surface area contributed by atoms with Crippen LogP contribution in [0.15, 0.2) is 11.2 Å². The zero-order valence-electron chi connectivity index (χ0n) is 11.8. The highest BCUT2D eigenvalue weighted by atomic mass is 16.5. The molecule has 0 unspecified atom stereocenters. The number of aromatic nitrogens is 2. The average molecular weight is 274 g/mol. The number of hydrogen-bond donors (Lipinski definition) is 0. The smallest absolute Gasteiger partial charge is 0.255 e. The molecule has 1 saturated heterocycles. The van der Waals surface area contributed by atoms with E-state index in [1.807, 2.05) is 19.9 Å². The second-order valence-corrected chi connectivity index (χ2v) is 5.31. The van der Waals surface area contributed by atoms with Crippen molar-refractivity contribution in [2.45, 2.75) is 33.1 Å². The van der Waals surface area contributed by atoms with Crippen LogP contribution in [0.1, 0.15) is 30.7 Å². The lowest BCUT2D eigenvalue weighted by Crippen LogP contribution is -2.23. The van der Waals surface area contributed by atoms with Crippen LogP contribution in [0, 0.1) is 19.8 Å². The maximum Gasteiger partial charge on any atom is 0.255 e. The Morgan fingerprint density at radius 3 is 2.50 bits per heavy atom. The van der Waals surface area contributed by atoms with Crippen LogP contribution in [0.3, 0.4) is 0 Å². The molecule has 0 bridgehead atoms. The summed E-state index contributed by atoms with van der Waals surface area (Å²) in [6.07, 6.45) is 2.25. The Balaban J connectivity index is 1.85. The minimum absolute atomic E-state index is 0.0449. The van der Waals surface area contributed by atoms with Crippen molar-refractivity contribution in [3.63, 3.8) is 0 Å². The third kappa shape index (κ3) is 2.56. The molecule has 3 heterocycles. The number of hydrazone groups is 1. The van der Waals surface area contributed by atoms with E-state index in [1.165, 1.54) is 5.01 Å². The molecule has 0 saturated carbocycles. The van der Waals surface area contributed by atoms with Crippen molar-refractivity contribution in [3.8, 4) is 0 Å². The summed E-state index contributed by atoms with van der Waals surface area (Å²) in [7, 11) is 0. The molecule has 0 atom stereocenters. The largest absolute Gasteiger partial charge is 0.381 e. The number of carbonyl (C=O) groups excluding carboxylic acids is 1. The fourth-order valence-electron chi connectivity index (χ4n) is 2.66. The normalized spacial score (nSPS) is 20.4. The van der Waals surface area contributed by atoms with Gasteiger partial charge in [-0.05, 0) is 32.8 Å². The Hall–Kier alpha value is -1.82. The summed E-state index contributed by atoms with van der Waals surface area (Å²) in [6.45, 7) is 5.28. The Bertz CT molecular complexity index is 544. The summed E-state index contributed by atoms with van der Waals surface area (Å²) in [5, 5.41) is 5.82. The van der Waals surface area contributed by atoms with Crippen molar-refractivity contribution in [2.24, 2.45) is 11.0 Å². The van der Waals surface area contributed by atoms with Crippen molar-refractivity contribution in [1.82, 2.24) is 9.97 Å². The van der Waals surface area contributed by atoms with Gasteiger partial charge in [0.25, 0.3) is 11.9 Å². The van der Waals surface area contributed by atoms with Crippen LogP contribution >= 0.6 is 0 Å². The van der Waals surface area contributed by atoms with Gasteiger partial charge in [-0.25, -0.2) is 9.97 Å². The van der Waals surface area contributed by atoms with E-state index in [1.54, 1.807) is 0 Å². The van der Waals surface area contributed by atoms with Gasteiger partial charge in [0.15, 0.2) is 0 Å². The van der Waals surface area contributed by atoms with Gasteiger partial charge in [-0.2, -0.15) is 10.1 Å². The first-order valence-electron chi connectivity index (χ1n) is 6.94. The standard InChI is InChI=1S/C14H18N4O2/c1-9-7-10(2)16-14(15-9)18-13(19)8-12(17-18)11-3-5-20-6-4-11/h7,11H,3-6,8H2,1-2H3. The van der Waals surface area contributed by atoms with Gasteiger partial charge in [0, 0.05) is 30.5 Å². The van der Waals surface area contributed by atoms with Gasteiger partial charge >= 0.3 is 0 Å². The molecule has 0 N–H and O–H groups in total. The predicted octanol–water partition coefficient (Wildman–Crippen LogP) is 1.61. The molecular formula is C14H18N4O2. The number of ether oxygens (including phenoxy) is 1. The Morgan fingerprint density at radius 1 is 1.20 bits per heavy atom. The van der Waals surface area contributed by atoms with E-state index < -0.39 is 0 Å². The van der Waals surface area contributed by atoms with Gasteiger partial charge in [-0.3, -0.25) is 4.79 Å². The van der Waals surface area contributed by atoms with Gasteiger partial charge in [0.05, 0.1) is 12.1 Å². The third-order valence-electron chi connectivity index (χ3n) is 3.65. The summed E-state index contributed by atoms with van der Waals surface area (Å²) >= 11 is 0. The molecular weight excluding hydrogens is 256 g/mol. The van der Waals surface area contributed by atoms with Gasteiger partial charge in [0.1, 0.15) is 0 Å². The fraction of sp³-hybridized carbons (Fsp3) is 0.571. The van der Waals surface area contributed by atoms with Gasteiger partial charge < -0.3 is 4.74 Å². The SMILES string of the molecule is Cc1cc(C)nc(N2N=C(C3CCOCC3)CC2=O)n1. The summed E-state index contributed by atoms with van der Waals surface area (Å²) in [5.74, 6) is 0.689. The van der Waals surface area contributed by atoms with Gasteiger partial charge in [-0.15, -0.1) is 0 Å². The van der Waals surface area contributed by atoms with E-state index in [4.69, 9.17) is 4.74 Å². The van der Waals surface area contributed by atoms with E-state index in [0.717, 1.165) is 43.2 Å². The topological polar surface area (TPSA) is 67.7 Å². The second-order valence-electron chi connectivity index (χ2n) is 5.31. The van der Waals surface area contributed by atoms with Crippen molar-refractivity contribution < 1.29 is 9.53 Å². The van der Waals surface area contributed by atoms with Gasteiger partial charge in [0.2, 0.25) is 0 Å². The molecule has 6 nitrogen and oxygen atoms in total. The first kappa shape index (κ1) is 13.2. The van der Waals surface area contributed by atoms with E-state index in [-0.39, 0.29) is 5.91 Å². The van der Waals surface area contributed by atoms with Crippen LogP contribution in [-0.2, 0) is 9.53 Å². The van der Waals surface area contributed by atoms with E-state index in [9.17, 15) is 4.79 Å². The van der Waals surface area contributed by atoms with Crippen molar-refractivity contribution >= 4 is 17.6 Å². The minimum atomic E-state index is -0.0449. The quantitative estimate of drug-likeness (QED) is 0.821. The van der Waals surface area contributed by atoms with Crippen molar-refractivity contribution in [3.05, 3.63) is 17.5 Å². The van der Waals surface area contributed by atoms with Crippen LogP contribution in [0.5, 0.6) is 0 Å². The number of anilines is 1. The Kier molecular flexibility index (Phi) is 3.48. The molecule has 106 valence electrons. The lowest BCUT2D eigenvalue weighted by Gasteiger charge is -2.21. The van der Waals surface area contributed by atoms with E-state index in [0.29, 0.717) is 18.3 Å². The number of amides is 1. The minimum Gasteiger partial charge on any atom is -0.381 e. The molecule has 0 radical (unpaired) electrons. The monoisotopic (exact) mass is 274 g/mol. The Labute approximate surface area is 117 Å². The molecule has 3 rings (SSSR count). The summed E-state index contributed by atoms with van der Waals surface area (Å²) in [4.78, 5) is 20.8. The maximum atomic E-state index is 12.2. The van der Waals surface area contributed by atoms with Crippen LogP contribution in [0.2, 0.25) is 0 Å². The highest BCUT2D eigenvalue weighted by Gasteiger charge is 2.32. The van der Waals surface area contributed by atoms with Crippen LogP contribution in [0.25, 0.3) is 0 Å². The first-order chi connectivity index (χ1) is 9.63. The lowest BCUT2D eigenvalue weighted by atomic mass is 9.93. The second kappa shape index (κ2) is 5.28. The fourth-order valence-corrected chi connectivity index (χ4v) is 2.66. The molecule has 1 amide bonds. The zero-order valence-corrected chi connectivity index (χ0v) is 11.8. The third-order valence-corrected chi connectivity index (χ3v) is 3.65. The molecule has 20 heavy (non-hydrogen) atoms. The zero-order chi connectivity index (χ0) is 14.1. The molecule has 6 heteroatoms. The number of aryl methyl sites for hydroxylation is 2. The number of rotatable bonds is 2. The highest BCUT2D eigenvalue weighted by Crippen LogP contribution is 2.25.